The Labute approximate surface area is 187 Å². The summed E-state index contributed by atoms with van der Waals surface area (Å²) in [6.45, 7) is 4.73. The number of aryl methyl sites for hydroxylation is 1. The van der Waals surface area contributed by atoms with Crippen molar-refractivity contribution in [3.8, 4) is 0 Å². The van der Waals surface area contributed by atoms with Crippen molar-refractivity contribution in [3.63, 3.8) is 0 Å². The van der Waals surface area contributed by atoms with Gasteiger partial charge in [0.1, 0.15) is 0 Å². The Morgan fingerprint density at radius 3 is 2.61 bits per heavy atom. The highest BCUT2D eigenvalue weighted by molar-refractivity contribution is 6.30. The van der Waals surface area contributed by atoms with Crippen LogP contribution in [0, 0.1) is 6.92 Å². The van der Waals surface area contributed by atoms with E-state index in [1.165, 1.54) is 0 Å². The summed E-state index contributed by atoms with van der Waals surface area (Å²) in [6.07, 6.45) is 1.31. The number of amides is 2. The van der Waals surface area contributed by atoms with E-state index in [1.807, 2.05) is 61.5 Å². The molecule has 31 heavy (non-hydrogen) atoms. The molecule has 1 aromatic heterocycles. The molecule has 6 nitrogen and oxygen atoms in total. The van der Waals surface area contributed by atoms with Crippen molar-refractivity contribution < 1.29 is 9.90 Å². The van der Waals surface area contributed by atoms with E-state index >= 15 is 0 Å². The van der Waals surface area contributed by atoms with Crippen molar-refractivity contribution in [2.75, 3.05) is 31.5 Å². The fourth-order valence-electron chi connectivity index (χ4n) is 4.10. The number of anilines is 1. The van der Waals surface area contributed by atoms with Gasteiger partial charge in [0.05, 0.1) is 16.8 Å². The molecule has 2 amide bonds. The van der Waals surface area contributed by atoms with E-state index in [-0.39, 0.29) is 6.03 Å². The third kappa shape index (κ3) is 5.15. The SMILES string of the molecule is Cc1cc(NC(=O)NCCN2CCC(O)(c3ccc(Cl)cc3)CC2)c2ccccc2n1. The summed E-state index contributed by atoms with van der Waals surface area (Å²) in [4.78, 5) is 19.2. The first kappa shape index (κ1) is 21.6. The van der Waals surface area contributed by atoms with Gasteiger partial charge in [-0.3, -0.25) is 4.98 Å². The molecular formula is C24H27ClN4O2. The van der Waals surface area contributed by atoms with Gasteiger partial charge in [-0.1, -0.05) is 41.9 Å². The van der Waals surface area contributed by atoms with Gasteiger partial charge in [0.2, 0.25) is 0 Å². The molecule has 1 fully saturated rings. The van der Waals surface area contributed by atoms with Gasteiger partial charge in [0, 0.05) is 42.3 Å². The number of rotatable bonds is 5. The fourth-order valence-corrected chi connectivity index (χ4v) is 4.23. The normalized spacial score (nSPS) is 16.2. The topological polar surface area (TPSA) is 77.5 Å². The minimum Gasteiger partial charge on any atom is -0.385 e. The molecule has 0 atom stereocenters. The number of nitrogens with one attached hydrogen (secondary N) is 2. The minimum absolute atomic E-state index is 0.231. The zero-order valence-corrected chi connectivity index (χ0v) is 18.3. The number of hydrogen-bond acceptors (Lipinski definition) is 4. The van der Waals surface area contributed by atoms with E-state index < -0.39 is 5.60 Å². The number of piperidine rings is 1. The number of fused-ring (bicyclic) bond motifs is 1. The highest BCUT2D eigenvalue weighted by atomic mass is 35.5. The summed E-state index contributed by atoms with van der Waals surface area (Å²) in [7, 11) is 0. The number of hydrogen-bond donors (Lipinski definition) is 3. The minimum atomic E-state index is -0.813. The predicted octanol–water partition coefficient (Wildman–Crippen LogP) is 4.30. The molecule has 7 heteroatoms. The lowest BCUT2D eigenvalue weighted by Gasteiger charge is -2.38. The molecule has 3 N–H and O–H groups in total. The standard InChI is InChI=1S/C24H27ClN4O2/c1-17-16-22(20-4-2-3-5-21(20)27-17)28-23(30)26-12-15-29-13-10-24(31,11-14-29)18-6-8-19(25)9-7-18/h2-9,16,31H,10-15H2,1H3,(H2,26,27,28,30). The fraction of sp³-hybridized carbons (Fsp3) is 0.333. The van der Waals surface area contributed by atoms with Gasteiger partial charge in [-0.2, -0.15) is 0 Å². The number of carbonyl (C=O) groups excluding carboxylic acids is 1. The van der Waals surface area contributed by atoms with Crippen molar-refractivity contribution in [3.05, 3.63) is 70.9 Å². The van der Waals surface area contributed by atoms with E-state index in [0.717, 1.165) is 47.5 Å². The second-order valence-corrected chi connectivity index (χ2v) is 8.53. The van der Waals surface area contributed by atoms with E-state index in [4.69, 9.17) is 11.6 Å². The Hall–Kier alpha value is -2.67. The summed E-state index contributed by atoms with van der Waals surface area (Å²) >= 11 is 5.96. The van der Waals surface area contributed by atoms with Crippen LogP contribution in [0.1, 0.15) is 24.1 Å². The molecule has 0 radical (unpaired) electrons. The monoisotopic (exact) mass is 438 g/mol. The van der Waals surface area contributed by atoms with Gasteiger partial charge in [0.25, 0.3) is 0 Å². The number of benzene rings is 2. The molecule has 0 saturated carbocycles. The van der Waals surface area contributed by atoms with Gasteiger partial charge >= 0.3 is 6.03 Å². The van der Waals surface area contributed by atoms with Crippen LogP contribution in [0.15, 0.2) is 54.6 Å². The Morgan fingerprint density at radius 2 is 1.87 bits per heavy atom. The Bertz CT molecular complexity index is 1060. The average Bonchev–Trinajstić information content (AvgIpc) is 2.75. The largest absolute Gasteiger partial charge is 0.385 e. The van der Waals surface area contributed by atoms with E-state index in [0.29, 0.717) is 24.4 Å². The maximum Gasteiger partial charge on any atom is 0.319 e. The third-order valence-electron chi connectivity index (χ3n) is 5.87. The van der Waals surface area contributed by atoms with Crippen molar-refractivity contribution in [2.45, 2.75) is 25.4 Å². The first-order chi connectivity index (χ1) is 14.9. The molecule has 1 saturated heterocycles. The summed E-state index contributed by atoms with van der Waals surface area (Å²) in [5, 5.41) is 18.4. The number of halogens is 1. The van der Waals surface area contributed by atoms with Crippen LogP contribution < -0.4 is 10.6 Å². The quantitative estimate of drug-likeness (QED) is 0.555. The number of pyridine rings is 1. The second kappa shape index (κ2) is 9.22. The number of aliphatic hydroxyl groups is 1. The highest BCUT2D eigenvalue weighted by Crippen LogP contribution is 2.33. The summed E-state index contributed by atoms with van der Waals surface area (Å²) in [5.74, 6) is 0. The van der Waals surface area contributed by atoms with Gasteiger partial charge in [0.15, 0.2) is 0 Å². The summed E-state index contributed by atoms with van der Waals surface area (Å²) < 4.78 is 0. The van der Waals surface area contributed by atoms with Crippen LogP contribution in [0.3, 0.4) is 0 Å². The van der Waals surface area contributed by atoms with Crippen LogP contribution in [0.4, 0.5) is 10.5 Å². The molecule has 2 heterocycles. The highest BCUT2D eigenvalue weighted by Gasteiger charge is 2.33. The zero-order valence-electron chi connectivity index (χ0n) is 17.6. The molecule has 162 valence electrons. The van der Waals surface area contributed by atoms with Crippen LogP contribution in [0.25, 0.3) is 10.9 Å². The van der Waals surface area contributed by atoms with Crippen molar-refractivity contribution in [1.29, 1.82) is 0 Å². The van der Waals surface area contributed by atoms with Crippen LogP contribution in [0.5, 0.6) is 0 Å². The first-order valence-electron chi connectivity index (χ1n) is 10.5. The van der Waals surface area contributed by atoms with Crippen molar-refractivity contribution >= 4 is 34.2 Å². The van der Waals surface area contributed by atoms with Crippen LogP contribution >= 0.6 is 11.6 Å². The molecule has 2 aromatic carbocycles. The molecule has 4 rings (SSSR count). The van der Waals surface area contributed by atoms with Crippen molar-refractivity contribution in [1.82, 2.24) is 15.2 Å². The molecule has 3 aromatic rings. The molecule has 0 spiro atoms. The van der Waals surface area contributed by atoms with E-state index in [1.54, 1.807) is 0 Å². The lowest BCUT2D eigenvalue weighted by molar-refractivity contribution is -0.0254. The molecule has 0 aliphatic carbocycles. The number of carbonyl (C=O) groups is 1. The summed E-state index contributed by atoms with van der Waals surface area (Å²) in [6, 6.07) is 16.8. The first-order valence-corrected chi connectivity index (χ1v) is 10.9. The molecule has 0 unspecified atom stereocenters. The molecular weight excluding hydrogens is 412 g/mol. The molecule has 1 aliphatic heterocycles. The Balaban J connectivity index is 1.26. The third-order valence-corrected chi connectivity index (χ3v) is 6.12. The van der Waals surface area contributed by atoms with Gasteiger partial charge in [-0.15, -0.1) is 0 Å². The number of aromatic nitrogens is 1. The zero-order chi connectivity index (χ0) is 21.8. The number of nitrogens with zero attached hydrogens (tertiary/aromatic N) is 2. The Kier molecular flexibility index (Phi) is 6.41. The van der Waals surface area contributed by atoms with Gasteiger partial charge in [-0.25, -0.2) is 4.79 Å². The maximum atomic E-state index is 12.4. The Morgan fingerprint density at radius 1 is 1.16 bits per heavy atom. The van der Waals surface area contributed by atoms with Crippen LogP contribution in [-0.4, -0.2) is 47.2 Å². The van der Waals surface area contributed by atoms with Crippen molar-refractivity contribution in [2.24, 2.45) is 0 Å². The van der Waals surface area contributed by atoms with Gasteiger partial charge in [-0.05, 0) is 49.6 Å². The lowest BCUT2D eigenvalue weighted by Crippen LogP contribution is -2.45. The number of urea groups is 1. The van der Waals surface area contributed by atoms with Crippen LogP contribution in [-0.2, 0) is 5.60 Å². The summed E-state index contributed by atoms with van der Waals surface area (Å²) in [5.41, 5.74) is 2.57. The molecule has 0 bridgehead atoms. The number of para-hydroxylation sites is 1. The van der Waals surface area contributed by atoms with Crippen LogP contribution in [0.2, 0.25) is 5.02 Å². The van der Waals surface area contributed by atoms with Gasteiger partial charge < -0.3 is 20.6 Å². The van der Waals surface area contributed by atoms with E-state index in [2.05, 4.69) is 20.5 Å². The maximum absolute atomic E-state index is 12.4. The average molecular weight is 439 g/mol. The lowest BCUT2D eigenvalue weighted by atomic mass is 9.84. The predicted molar refractivity (Wildman–Crippen MR) is 125 cm³/mol. The van der Waals surface area contributed by atoms with E-state index in [9.17, 15) is 9.90 Å². The second-order valence-electron chi connectivity index (χ2n) is 8.09. The number of likely N-dealkylation sites (tertiary alicyclic amines) is 1. The smallest absolute Gasteiger partial charge is 0.319 e. The molecule has 1 aliphatic rings.